The molecule has 2 aliphatic heterocycles. The first-order valence-corrected chi connectivity index (χ1v) is 10.8. The zero-order valence-electron chi connectivity index (χ0n) is 18.7. The molecular formula is C24H26F3N3O3. The molecule has 2 fully saturated rings. The molecular weight excluding hydrogens is 435 g/mol. The van der Waals surface area contributed by atoms with Crippen LogP contribution in [0.25, 0.3) is 11.1 Å². The van der Waals surface area contributed by atoms with E-state index in [-0.39, 0.29) is 5.91 Å². The Labute approximate surface area is 190 Å². The monoisotopic (exact) mass is 461 g/mol. The molecule has 6 nitrogen and oxygen atoms in total. The number of nitrogens with zero attached hydrogens (tertiary/aromatic N) is 2. The number of halogens is 3. The van der Waals surface area contributed by atoms with Crippen LogP contribution < -0.4 is 5.32 Å². The summed E-state index contributed by atoms with van der Waals surface area (Å²) in [5.41, 5.74) is -0.609. The maximum absolute atomic E-state index is 13.2. The Morgan fingerprint density at radius 2 is 1.82 bits per heavy atom. The highest BCUT2D eigenvalue weighted by Gasteiger charge is 2.57. The third-order valence-electron chi connectivity index (χ3n) is 6.11. The highest BCUT2D eigenvalue weighted by Crippen LogP contribution is 2.47. The molecule has 2 atom stereocenters. The zero-order chi connectivity index (χ0) is 24.0. The van der Waals surface area contributed by atoms with Gasteiger partial charge >= 0.3 is 12.3 Å². The van der Waals surface area contributed by atoms with E-state index in [0.29, 0.717) is 42.6 Å². The molecule has 9 heteroatoms. The van der Waals surface area contributed by atoms with Crippen molar-refractivity contribution in [2.45, 2.75) is 63.4 Å². The second-order valence-electron chi connectivity index (χ2n) is 9.49. The predicted octanol–water partition coefficient (Wildman–Crippen LogP) is 5.10. The molecule has 2 amide bonds. The van der Waals surface area contributed by atoms with Gasteiger partial charge in [-0.15, -0.1) is 0 Å². The van der Waals surface area contributed by atoms with Gasteiger partial charge in [0.15, 0.2) is 0 Å². The average molecular weight is 461 g/mol. The fourth-order valence-electron chi connectivity index (χ4n) is 4.61. The van der Waals surface area contributed by atoms with Gasteiger partial charge in [0.05, 0.1) is 17.3 Å². The topological polar surface area (TPSA) is 71.5 Å². The number of benzene rings is 1. The van der Waals surface area contributed by atoms with Gasteiger partial charge in [-0.05, 0) is 75.4 Å². The van der Waals surface area contributed by atoms with Crippen molar-refractivity contribution in [2.75, 3.05) is 6.54 Å². The van der Waals surface area contributed by atoms with Gasteiger partial charge in [0, 0.05) is 12.7 Å². The number of pyridine rings is 1. The minimum absolute atomic E-state index is 0.199. The lowest BCUT2D eigenvalue weighted by Crippen LogP contribution is -2.54. The largest absolute Gasteiger partial charge is 0.444 e. The first-order valence-electron chi connectivity index (χ1n) is 10.8. The van der Waals surface area contributed by atoms with E-state index in [1.807, 2.05) is 0 Å². The standard InChI is InChI=1S/C24H26F3N3O3/c1-22(2,3)33-21(32)30-19(8-10-23(30)11-13-29-20(23)31)18-14-16(9-12-28-18)15-4-6-17(7-5-15)24(25,26)27/h4-7,9,12,14,19H,8,10-11,13H2,1-3H3,(H,29,31)/t19-,23+/m1/s1. The number of likely N-dealkylation sites (tertiary alicyclic amines) is 1. The summed E-state index contributed by atoms with van der Waals surface area (Å²) in [6.07, 6.45) is -1.93. The molecule has 2 aliphatic rings. The van der Waals surface area contributed by atoms with Crippen LogP contribution in [0.4, 0.5) is 18.0 Å². The molecule has 3 heterocycles. The van der Waals surface area contributed by atoms with Crippen molar-refractivity contribution >= 4 is 12.0 Å². The van der Waals surface area contributed by atoms with E-state index in [1.54, 1.807) is 39.1 Å². The maximum atomic E-state index is 13.2. The Balaban J connectivity index is 1.69. The van der Waals surface area contributed by atoms with E-state index in [9.17, 15) is 22.8 Å². The molecule has 4 rings (SSSR count). The number of ether oxygens (including phenoxy) is 1. The highest BCUT2D eigenvalue weighted by atomic mass is 19.4. The molecule has 0 bridgehead atoms. The molecule has 0 unspecified atom stereocenters. The first-order chi connectivity index (χ1) is 15.4. The second kappa shape index (κ2) is 8.04. The normalized spacial score (nSPS) is 23.2. The minimum atomic E-state index is -4.41. The quantitative estimate of drug-likeness (QED) is 0.676. The summed E-state index contributed by atoms with van der Waals surface area (Å²) in [6, 6.07) is 7.87. The van der Waals surface area contributed by atoms with Gasteiger partial charge in [-0.3, -0.25) is 14.7 Å². The number of amides is 2. The number of hydrogen-bond donors (Lipinski definition) is 1. The Bertz CT molecular complexity index is 1060. The predicted molar refractivity (Wildman–Crippen MR) is 115 cm³/mol. The second-order valence-corrected chi connectivity index (χ2v) is 9.49. The van der Waals surface area contributed by atoms with Crippen LogP contribution in [0.1, 0.15) is 57.3 Å². The molecule has 0 radical (unpaired) electrons. The van der Waals surface area contributed by atoms with E-state index in [4.69, 9.17) is 4.74 Å². The van der Waals surface area contributed by atoms with Crippen molar-refractivity contribution in [1.29, 1.82) is 0 Å². The van der Waals surface area contributed by atoms with Crippen LogP contribution >= 0.6 is 0 Å². The molecule has 1 spiro atoms. The molecule has 0 saturated carbocycles. The van der Waals surface area contributed by atoms with Crippen LogP contribution in [0.2, 0.25) is 0 Å². The van der Waals surface area contributed by atoms with Gasteiger partial charge in [0.1, 0.15) is 11.1 Å². The fraction of sp³-hybridized carbons (Fsp3) is 0.458. The summed E-state index contributed by atoms with van der Waals surface area (Å²) >= 11 is 0. The van der Waals surface area contributed by atoms with Crippen LogP contribution in [-0.2, 0) is 15.7 Å². The van der Waals surface area contributed by atoms with Crippen molar-refractivity contribution in [3.8, 4) is 11.1 Å². The lowest BCUT2D eigenvalue weighted by molar-refractivity contribution is -0.137. The molecule has 1 aromatic heterocycles. The average Bonchev–Trinajstić information content (AvgIpc) is 3.30. The lowest BCUT2D eigenvalue weighted by Gasteiger charge is -2.37. The Morgan fingerprint density at radius 1 is 1.12 bits per heavy atom. The van der Waals surface area contributed by atoms with Crippen molar-refractivity contribution in [1.82, 2.24) is 15.2 Å². The molecule has 2 saturated heterocycles. The Kier molecular flexibility index (Phi) is 5.62. The number of hydrogen-bond acceptors (Lipinski definition) is 4. The summed E-state index contributed by atoms with van der Waals surface area (Å²) in [7, 11) is 0. The summed E-state index contributed by atoms with van der Waals surface area (Å²) in [4.78, 5) is 32.0. The molecule has 1 aromatic carbocycles. The van der Waals surface area contributed by atoms with Crippen LogP contribution in [0, 0.1) is 0 Å². The number of carbonyl (C=O) groups is 2. The first kappa shape index (κ1) is 23.1. The number of alkyl halides is 3. The maximum Gasteiger partial charge on any atom is 0.416 e. The summed E-state index contributed by atoms with van der Waals surface area (Å²) in [5.74, 6) is -0.199. The molecule has 2 aromatic rings. The van der Waals surface area contributed by atoms with Crippen molar-refractivity contribution in [3.05, 3.63) is 53.9 Å². The van der Waals surface area contributed by atoms with E-state index in [1.165, 1.54) is 17.0 Å². The van der Waals surface area contributed by atoms with Crippen LogP contribution in [-0.4, -0.2) is 39.6 Å². The lowest BCUT2D eigenvalue weighted by atomic mass is 9.94. The third-order valence-corrected chi connectivity index (χ3v) is 6.11. The van der Waals surface area contributed by atoms with Crippen LogP contribution in [0.15, 0.2) is 42.6 Å². The van der Waals surface area contributed by atoms with Gasteiger partial charge in [-0.1, -0.05) is 12.1 Å². The van der Waals surface area contributed by atoms with Gasteiger partial charge in [0.2, 0.25) is 5.91 Å². The summed E-state index contributed by atoms with van der Waals surface area (Å²) in [6.45, 7) is 5.77. The van der Waals surface area contributed by atoms with Crippen LogP contribution in [0.3, 0.4) is 0 Å². The third kappa shape index (κ3) is 4.41. The van der Waals surface area contributed by atoms with Gasteiger partial charge < -0.3 is 10.1 Å². The fourth-order valence-corrected chi connectivity index (χ4v) is 4.61. The minimum Gasteiger partial charge on any atom is -0.444 e. The number of nitrogens with one attached hydrogen (secondary N) is 1. The highest BCUT2D eigenvalue weighted by molar-refractivity contribution is 5.92. The van der Waals surface area contributed by atoms with Gasteiger partial charge in [-0.25, -0.2) is 4.79 Å². The van der Waals surface area contributed by atoms with Crippen molar-refractivity contribution in [2.24, 2.45) is 0 Å². The molecule has 33 heavy (non-hydrogen) atoms. The SMILES string of the molecule is CC(C)(C)OC(=O)N1[C@@H](c2cc(-c3ccc(C(F)(F)F)cc3)ccn2)CC[C@@]12CCNC2=O. The van der Waals surface area contributed by atoms with E-state index in [2.05, 4.69) is 10.3 Å². The summed E-state index contributed by atoms with van der Waals surface area (Å²) in [5, 5.41) is 2.83. The number of carbonyl (C=O) groups excluding carboxylic acids is 2. The van der Waals surface area contributed by atoms with E-state index < -0.39 is 35.0 Å². The zero-order valence-corrected chi connectivity index (χ0v) is 18.7. The molecule has 0 aliphatic carbocycles. The van der Waals surface area contributed by atoms with Gasteiger partial charge in [0.25, 0.3) is 0 Å². The Hall–Kier alpha value is -3.10. The van der Waals surface area contributed by atoms with Crippen molar-refractivity contribution < 1.29 is 27.5 Å². The number of rotatable bonds is 2. The van der Waals surface area contributed by atoms with E-state index in [0.717, 1.165) is 12.1 Å². The van der Waals surface area contributed by atoms with Gasteiger partial charge in [-0.2, -0.15) is 13.2 Å². The van der Waals surface area contributed by atoms with E-state index >= 15 is 0 Å². The molecule has 176 valence electrons. The van der Waals surface area contributed by atoms with Crippen LogP contribution in [0.5, 0.6) is 0 Å². The smallest absolute Gasteiger partial charge is 0.416 e. The Morgan fingerprint density at radius 3 is 2.39 bits per heavy atom. The van der Waals surface area contributed by atoms with Crippen molar-refractivity contribution in [3.63, 3.8) is 0 Å². The molecule has 1 N–H and O–H groups in total. The number of aromatic nitrogens is 1. The summed E-state index contributed by atoms with van der Waals surface area (Å²) < 4.78 is 44.4.